The van der Waals surface area contributed by atoms with Crippen molar-refractivity contribution in [3.8, 4) is 23.1 Å². The molecule has 1 aliphatic carbocycles. The van der Waals surface area contributed by atoms with Crippen molar-refractivity contribution in [2.75, 3.05) is 25.0 Å². The fraction of sp³-hybridized carbons (Fsp3) is 0.414. The maximum absolute atomic E-state index is 13.3. The molecule has 44 heavy (non-hydrogen) atoms. The number of benzene rings is 1. The van der Waals surface area contributed by atoms with Gasteiger partial charge in [0, 0.05) is 48.7 Å². The molecule has 12 nitrogen and oxygen atoms in total. The maximum atomic E-state index is 13.3. The normalized spacial score (nSPS) is 17.0. The minimum absolute atomic E-state index is 0.122. The summed E-state index contributed by atoms with van der Waals surface area (Å²) in [4.78, 5) is 19.3. The average Bonchev–Trinajstić information content (AvgIpc) is 3.50. The highest BCUT2D eigenvalue weighted by Gasteiger charge is 2.43. The van der Waals surface area contributed by atoms with Gasteiger partial charge in [0.15, 0.2) is 11.9 Å². The molecule has 1 saturated heterocycles. The van der Waals surface area contributed by atoms with Gasteiger partial charge in [0.05, 0.1) is 23.4 Å². The summed E-state index contributed by atoms with van der Waals surface area (Å²) in [5.41, 5.74) is 1.15. The van der Waals surface area contributed by atoms with Gasteiger partial charge < -0.3 is 25.4 Å². The highest BCUT2D eigenvalue weighted by molar-refractivity contribution is 6.31. The summed E-state index contributed by atoms with van der Waals surface area (Å²) in [6.07, 6.45) is 6.58. The quantitative estimate of drug-likeness (QED) is 0.212. The van der Waals surface area contributed by atoms with Crippen LogP contribution in [0.2, 0.25) is 5.02 Å². The molecule has 1 aliphatic heterocycles. The van der Waals surface area contributed by atoms with Crippen molar-refractivity contribution in [3.63, 3.8) is 0 Å². The monoisotopic (exact) mass is 625 g/mol. The van der Waals surface area contributed by atoms with E-state index in [4.69, 9.17) is 16.3 Å². The number of anilines is 1. The summed E-state index contributed by atoms with van der Waals surface area (Å²) >= 11 is 6.22. The molecule has 1 aromatic carbocycles. The Balaban J connectivity index is 1.22. The van der Waals surface area contributed by atoms with Crippen LogP contribution in [0.4, 0.5) is 14.5 Å². The lowest BCUT2D eigenvalue weighted by Crippen LogP contribution is -2.46. The summed E-state index contributed by atoms with van der Waals surface area (Å²) in [5.74, 6) is -0.338. The Morgan fingerprint density at radius 3 is 2.80 bits per heavy atom. The molecule has 2 aliphatic rings. The molecule has 1 unspecified atom stereocenters. The van der Waals surface area contributed by atoms with Crippen molar-refractivity contribution in [3.05, 3.63) is 59.6 Å². The number of halogens is 3. The Morgan fingerprint density at radius 2 is 2.07 bits per heavy atom. The third-order valence-electron chi connectivity index (χ3n) is 8.02. The molecule has 3 N–H and O–H groups in total. The first-order valence-electron chi connectivity index (χ1n) is 14.2. The average molecular weight is 626 g/mol. The number of carbonyl (C=O) groups excluding carboxylic acids is 1. The van der Waals surface area contributed by atoms with E-state index in [0.717, 1.165) is 25.7 Å². The van der Waals surface area contributed by atoms with Crippen molar-refractivity contribution < 1.29 is 23.4 Å². The third-order valence-corrected chi connectivity index (χ3v) is 8.25. The minimum Gasteiger partial charge on any atom is -0.434 e. The third kappa shape index (κ3) is 6.45. The second kappa shape index (κ2) is 12.4. The molecule has 1 amide bonds. The van der Waals surface area contributed by atoms with Crippen LogP contribution >= 0.6 is 11.6 Å². The van der Waals surface area contributed by atoms with Crippen LogP contribution in [0, 0.1) is 16.7 Å². The minimum atomic E-state index is -3.10. The van der Waals surface area contributed by atoms with Crippen LogP contribution < -0.4 is 15.4 Å². The topological polar surface area (TPSA) is 146 Å². The molecule has 15 heteroatoms. The first-order chi connectivity index (χ1) is 21.2. The van der Waals surface area contributed by atoms with Gasteiger partial charge >= 0.3 is 6.61 Å². The number of hydrogen-bond acceptors (Lipinski definition) is 9. The molecule has 3 aromatic heterocycles. The number of nitriles is 1. The molecule has 1 saturated carbocycles. The van der Waals surface area contributed by atoms with Crippen LogP contribution in [0.3, 0.4) is 0 Å². The molecule has 4 heterocycles. The van der Waals surface area contributed by atoms with Crippen LogP contribution in [0.5, 0.6) is 5.75 Å². The number of imidazole rings is 1. The molecular weight excluding hydrogens is 596 g/mol. The van der Waals surface area contributed by atoms with Gasteiger partial charge in [-0.15, -0.1) is 0 Å². The molecule has 6 rings (SSSR count). The molecule has 0 radical (unpaired) electrons. The fourth-order valence-corrected chi connectivity index (χ4v) is 5.51. The number of nitrogens with zero attached hydrogens (tertiary/aromatic N) is 7. The first-order valence-corrected chi connectivity index (χ1v) is 14.6. The van der Waals surface area contributed by atoms with E-state index in [9.17, 15) is 23.9 Å². The van der Waals surface area contributed by atoms with E-state index >= 15 is 0 Å². The Kier molecular flexibility index (Phi) is 8.35. The Labute approximate surface area is 256 Å². The predicted molar refractivity (Wildman–Crippen MR) is 156 cm³/mol. The zero-order valence-electron chi connectivity index (χ0n) is 23.5. The molecule has 0 bridgehead atoms. The number of aliphatic hydroxyl groups excluding tert-OH is 1. The summed E-state index contributed by atoms with van der Waals surface area (Å²) < 4.78 is 34.1. The van der Waals surface area contributed by atoms with Gasteiger partial charge in [-0.3, -0.25) is 9.48 Å². The number of rotatable bonds is 11. The number of piperidine rings is 1. The number of aliphatic hydroxyl groups is 1. The number of nitrogens with one attached hydrogen (secondary N) is 2. The Hall–Kier alpha value is -4.32. The molecular formula is C29H30ClF2N9O3. The highest BCUT2D eigenvalue weighted by Crippen LogP contribution is 2.44. The van der Waals surface area contributed by atoms with E-state index in [2.05, 4.69) is 31.9 Å². The number of amides is 1. The molecule has 1 atom stereocenters. The zero-order chi connectivity index (χ0) is 30.8. The summed E-state index contributed by atoms with van der Waals surface area (Å²) in [5, 5.41) is 35.9. The molecule has 4 aromatic rings. The highest BCUT2D eigenvalue weighted by atomic mass is 35.5. The summed E-state index contributed by atoms with van der Waals surface area (Å²) in [6.45, 7) is -1.45. The van der Waals surface area contributed by atoms with Crippen molar-refractivity contribution >= 4 is 28.8 Å². The Morgan fingerprint density at radius 1 is 1.27 bits per heavy atom. The number of carbonyl (C=O) groups is 1. The van der Waals surface area contributed by atoms with Gasteiger partial charge in [-0.25, -0.2) is 9.50 Å². The number of ether oxygens (including phenoxy) is 1. The number of likely N-dealkylation sites (tertiary alicyclic amines) is 1. The molecule has 2 fully saturated rings. The molecule has 0 spiro atoms. The Bertz CT molecular complexity index is 1690. The van der Waals surface area contributed by atoms with Crippen LogP contribution in [0.15, 0.2) is 48.9 Å². The van der Waals surface area contributed by atoms with Crippen molar-refractivity contribution in [2.45, 2.75) is 51.1 Å². The van der Waals surface area contributed by atoms with Gasteiger partial charge in [-0.05, 0) is 56.0 Å². The van der Waals surface area contributed by atoms with Crippen LogP contribution in [0.25, 0.3) is 16.9 Å². The van der Waals surface area contributed by atoms with Crippen molar-refractivity contribution in [2.24, 2.45) is 5.41 Å². The fourth-order valence-electron chi connectivity index (χ4n) is 5.34. The van der Waals surface area contributed by atoms with E-state index in [1.54, 1.807) is 23.2 Å². The predicted octanol–water partition coefficient (Wildman–Crippen LogP) is 3.83. The van der Waals surface area contributed by atoms with E-state index < -0.39 is 12.8 Å². The van der Waals surface area contributed by atoms with E-state index in [-0.39, 0.29) is 51.6 Å². The lowest BCUT2D eigenvalue weighted by molar-refractivity contribution is -0.133. The standard InChI is InChI=1S/C29H30ClF2N9O3/c30-18-3-4-23(44-28(31)32)20(12-18)26-21(37-27(43)22-13-34-24-2-1-9-36-41(22)24)14-40(38-26)15-25(42)39-10-5-19(6-11-39)35-17-29(16-33)7-8-29/h1-4,9,12-14,19,27-28,35,37,43H,5-8,10-11,15,17H2. The smallest absolute Gasteiger partial charge is 0.387 e. The van der Waals surface area contributed by atoms with Crippen molar-refractivity contribution in [1.82, 2.24) is 34.6 Å². The second-order valence-corrected chi connectivity index (χ2v) is 11.5. The number of alkyl halides is 2. The zero-order valence-corrected chi connectivity index (χ0v) is 24.3. The number of aromatic nitrogens is 5. The van der Waals surface area contributed by atoms with Crippen LogP contribution in [0.1, 0.15) is 37.6 Å². The largest absolute Gasteiger partial charge is 0.434 e. The second-order valence-electron chi connectivity index (χ2n) is 11.1. The number of fused-ring (bicyclic) bond motifs is 1. The summed E-state index contributed by atoms with van der Waals surface area (Å²) in [6, 6.07) is 10.2. The van der Waals surface area contributed by atoms with Gasteiger partial charge in [0.1, 0.15) is 23.7 Å². The first kappa shape index (κ1) is 29.7. The number of hydrogen-bond donors (Lipinski definition) is 3. The lowest BCUT2D eigenvalue weighted by atomic mass is 10.0. The van der Waals surface area contributed by atoms with E-state index in [1.807, 2.05) is 0 Å². The van der Waals surface area contributed by atoms with Gasteiger partial charge in [-0.1, -0.05) is 11.6 Å². The van der Waals surface area contributed by atoms with Crippen molar-refractivity contribution in [1.29, 1.82) is 5.26 Å². The van der Waals surface area contributed by atoms with Gasteiger partial charge in [-0.2, -0.15) is 24.2 Å². The van der Waals surface area contributed by atoms with Gasteiger partial charge in [0.25, 0.3) is 0 Å². The van der Waals surface area contributed by atoms with E-state index in [1.165, 1.54) is 39.8 Å². The van der Waals surface area contributed by atoms with Crippen LogP contribution in [-0.4, -0.2) is 72.6 Å². The molecule has 230 valence electrons. The van der Waals surface area contributed by atoms with Gasteiger partial charge in [0.2, 0.25) is 5.91 Å². The SMILES string of the molecule is N#CC1(CNC2CCN(C(=O)Cn3cc(NC(O)c4cnc5cccnn45)c(-c4cc(Cl)ccc4OC(F)F)n3)CC2)CC1. The summed E-state index contributed by atoms with van der Waals surface area (Å²) in [7, 11) is 0. The lowest BCUT2D eigenvalue weighted by Gasteiger charge is -2.33. The maximum Gasteiger partial charge on any atom is 0.387 e. The van der Waals surface area contributed by atoms with Crippen LogP contribution in [-0.2, 0) is 11.3 Å². The van der Waals surface area contributed by atoms with E-state index in [0.29, 0.717) is 31.0 Å².